The number of carboxylic acid groups (broad SMARTS) is 1. The van der Waals surface area contributed by atoms with Crippen LogP contribution in [0.25, 0.3) is 0 Å². The first-order chi connectivity index (χ1) is 8.63. The number of carboxylic acids is 1. The van der Waals surface area contributed by atoms with E-state index in [0.29, 0.717) is 6.04 Å². The predicted molar refractivity (Wildman–Crippen MR) is 71.7 cm³/mol. The summed E-state index contributed by atoms with van der Waals surface area (Å²) in [6, 6.07) is 0.886. The Bertz CT molecular complexity index is 296. The lowest BCUT2D eigenvalue weighted by atomic mass is 10.0. The van der Waals surface area contributed by atoms with Gasteiger partial charge < -0.3 is 10.0 Å². The van der Waals surface area contributed by atoms with Crippen LogP contribution in [0.5, 0.6) is 0 Å². The van der Waals surface area contributed by atoms with E-state index in [9.17, 15) is 9.90 Å². The third kappa shape index (κ3) is 2.86. The maximum Gasteiger partial charge on any atom is 0.308 e. The quantitative estimate of drug-likeness (QED) is 0.810. The molecule has 2 rings (SSSR count). The van der Waals surface area contributed by atoms with Crippen molar-refractivity contribution in [3.8, 4) is 0 Å². The van der Waals surface area contributed by atoms with Crippen molar-refractivity contribution in [3.63, 3.8) is 0 Å². The van der Waals surface area contributed by atoms with Gasteiger partial charge in [0, 0.05) is 18.6 Å². The minimum atomic E-state index is -0.608. The SMILES string of the molecule is CCN1CCCC1CN(C)C1CCCC1C(=O)O. The highest BCUT2D eigenvalue weighted by atomic mass is 16.4. The molecule has 1 aliphatic carbocycles. The van der Waals surface area contributed by atoms with Crippen LogP contribution in [0.1, 0.15) is 39.0 Å². The summed E-state index contributed by atoms with van der Waals surface area (Å²) in [5, 5.41) is 9.25. The molecule has 4 nitrogen and oxygen atoms in total. The van der Waals surface area contributed by atoms with Crippen molar-refractivity contribution in [2.24, 2.45) is 5.92 Å². The molecule has 1 N–H and O–H groups in total. The van der Waals surface area contributed by atoms with Crippen molar-refractivity contribution in [1.29, 1.82) is 0 Å². The molecule has 3 atom stereocenters. The van der Waals surface area contributed by atoms with Crippen LogP contribution in [0.4, 0.5) is 0 Å². The minimum absolute atomic E-state index is 0.147. The molecule has 1 heterocycles. The average molecular weight is 254 g/mol. The molecule has 3 unspecified atom stereocenters. The van der Waals surface area contributed by atoms with Crippen LogP contribution in [0, 0.1) is 5.92 Å². The zero-order chi connectivity index (χ0) is 13.1. The Morgan fingerprint density at radius 2 is 2.11 bits per heavy atom. The molecule has 4 heteroatoms. The van der Waals surface area contributed by atoms with Crippen molar-refractivity contribution in [2.75, 3.05) is 26.7 Å². The molecular weight excluding hydrogens is 228 g/mol. The number of carbonyl (C=O) groups is 1. The number of likely N-dealkylation sites (N-methyl/N-ethyl adjacent to an activating group) is 2. The number of hydrogen-bond donors (Lipinski definition) is 1. The van der Waals surface area contributed by atoms with Crippen LogP contribution in [0.3, 0.4) is 0 Å². The van der Waals surface area contributed by atoms with Crippen LogP contribution in [0.2, 0.25) is 0 Å². The number of aliphatic carboxylic acids is 1. The molecule has 18 heavy (non-hydrogen) atoms. The Balaban J connectivity index is 1.90. The Kier molecular flexibility index (Phi) is 4.62. The van der Waals surface area contributed by atoms with Crippen LogP contribution in [0.15, 0.2) is 0 Å². The Morgan fingerprint density at radius 1 is 1.33 bits per heavy atom. The molecule has 0 radical (unpaired) electrons. The summed E-state index contributed by atoms with van der Waals surface area (Å²) in [4.78, 5) is 16.1. The molecule has 0 aromatic heterocycles. The van der Waals surface area contributed by atoms with Crippen LogP contribution < -0.4 is 0 Å². The van der Waals surface area contributed by atoms with Gasteiger partial charge in [-0.3, -0.25) is 9.69 Å². The topological polar surface area (TPSA) is 43.8 Å². The molecule has 0 amide bonds. The van der Waals surface area contributed by atoms with E-state index < -0.39 is 5.97 Å². The maximum absolute atomic E-state index is 11.2. The Hall–Kier alpha value is -0.610. The van der Waals surface area contributed by atoms with E-state index in [1.54, 1.807) is 0 Å². The summed E-state index contributed by atoms with van der Waals surface area (Å²) >= 11 is 0. The Morgan fingerprint density at radius 3 is 2.78 bits per heavy atom. The monoisotopic (exact) mass is 254 g/mol. The van der Waals surface area contributed by atoms with Gasteiger partial charge in [0.15, 0.2) is 0 Å². The fourth-order valence-corrected chi connectivity index (χ4v) is 3.74. The fraction of sp³-hybridized carbons (Fsp3) is 0.929. The standard InChI is InChI=1S/C14H26N2O2/c1-3-16-9-5-6-11(16)10-15(2)13-8-4-7-12(13)14(17)18/h11-13H,3-10H2,1-2H3,(H,17,18). The molecule has 1 saturated heterocycles. The van der Waals surface area contributed by atoms with Gasteiger partial charge in [-0.25, -0.2) is 0 Å². The Labute approximate surface area is 110 Å². The molecular formula is C14H26N2O2. The summed E-state index contributed by atoms with van der Waals surface area (Å²) < 4.78 is 0. The van der Waals surface area contributed by atoms with Crippen LogP contribution >= 0.6 is 0 Å². The average Bonchev–Trinajstić information content (AvgIpc) is 2.96. The number of likely N-dealkylation sites (tertiary alicyclic amines) is 1. The first-order valence-electron chi connectivity index (χ1n) is 7.30. The van der Waals surface area contributed by atoms with Crippen molar-refractivity contribution >= 4 is 5.97 Å². The highest BCUT2D eigenvalue weighted by Crippen LogP contribution is 2.30. The second kappa shape index (κ2) is 6.02. The van der Waals surface area contributed by atoms with Gasteiger partial charge in [0.05, 0.1) is 5.92 Å². The lowest BCUT2D eigenvalue weighted by Crippen LogP contribution is -2.45. The number of rotatable bonds is 5. The first kappa shape index (κ1) is 13.8. The number of hydrogen-bond acceptors (Lipinski definition) is 3. The van der Waals surface area contributed by atoms with E-state index in [-0.39, 0.29) is 12.0 Å². The fourth-order valence-electron chi connectivity index (χ4n) is 3.74. The highest BCUT2D eigenvalue weighted by Gasteiger charge is 2.36. The molecule has 2 aliphatic rings. The normalized spacial score (nSPS) is 33.4. The van der Waals surface area contributed by atoms with Gasteiger partial charge in [-0.15, -0.1) is 0 Å². The molecule has 1 saturated carbocycles. The molecule has 0 aromatic rings. The highest BCUT2D eigenvalue weighted by molar-refractivity contribution is 5.71. The van der Waals surface area contributed by atoms with Gasteiger partial charge in [0.25, 0.3) is 0 Å². The van der Waals surface area contributed by atoms with Crippen molar-refractivity contribution in [2.45, 2.75) is 51.1 Å². The van der Waals surface area contributed by atoms with Crippen molar-refractivity contribution in [1.82, 2.24) is 9.80 Å². The van der Waals surface area contributed by atoms with Gasteiger partial charge >= 0.3 is 5.97 Å². The zero-order valence-corrected chi connectivity index (χ0v) is 11.6. The summed E-state index contributed by atoms with van der Waals surface area (Å²) in [5.74, 6) is -0.755. The molecule has 2 fully saturated rings. The van der Waals surface area contributed by atoms with Gasteiger partial charge in [-0.2, -0.15) is 0 Å². The lowest BCUT2D eigenvalue weighted by Gasteiger charge is -2.33. The van der Waals surface area contributed by atoms with E-state index >= 15 is 0 Å². The van der Waals surface area contributed by atoms with Gasteiger partial charge in [-0.1, -0.05) is 13.3 Å². The van der Waals surface area contributed by atoms with Crippen LogP contribution in [-0.2, 0) is 4.79 Å². The number of nitrogens with zero attached hydrogens (tertiary/aromatic N) is 2. The molecule has 0 bridgehead atoms. The van der Waals surface area contributed by atoms with E-state index in [1.165, 1.54) is 19.4 Å². The van der Waals surface area contributed by atoms with E-state index in [2.05, 4.69) is 23.8 Å². The third-order valence-corrected chi connectivity index (χ3v) is 4.77. The van der Waals surface area contributed by atoms with Gasteiger partial charge in [-0.05, 0) is 45.8 Å². The van der Waals surface area contributed by atoms with E-state index in [0.717, 1.165) is 32.4 Å². The minimum Gasteiger partial charge on any atom is -0.481 e. The smallest absolute Gasteiger partial charge is 0.308 e. The summed E-state index contributed by atoms with van der Waals surface area (Å²) in [6.07, 6.45) is 5.52. The van der Waals surface area contributed by atoms with Crippen molar-refractivity contribution in [3.05, 3.63) is 0 Å². The molecule has 104 valence electrons. The second-order valence-corrected chi connectivity index (χ2v) is 5.81. The zero-order valence-electron chi connectivity index (χ0n) is 11.6. The first-order valence-corrected chi connectivity index (χ1v) is 7.30. The lowest BCUT2D eigenvalue weighted by molar-refractivity contribution is -0.143. The largest absolute Gasteiger partial charge is 0.481 e. The third-order valence-electron chi connectivity index (χ3n) is 4.77. The van der Waals surface area contributed by atoms with E-state index in [4.69, 9.17) is 0 Å². The molecule has 0 spiro atoms. The molecule has 1 aliphatic heterocycles. The summed E-state index contributed by atoms with van der Waals surface area (Å²) in [5.41, 5.74) is 0. The summed E-state index contributed by atoms with van der Waals surface area (Å²) in [6.45, 7) is 5.57. The van der Waals surface area contributed by atoms with Crippen LogP contribution in [-0.4, -0.2) is 59.6 Å². The van der Waals surface area contributed by atoms with E-state index in [1.807, 2.05) is 0 Å². The van der Waals surface area contributed by atoms with Gasteiger partial charge in [0.2, 0.25) is 0 Å². The van der Waals surface area contributed by atoms with Gasteiger partial charge in [0.1, 0.15) is 0 Å². The predicted octanol–water partition coefficient (Wildman–Crippen LogP) is 1.66. The molecule has 0 aromatic carbocycles. The van der Waals surface area contributed by atoms with Crippen molar-refractivity contribution < 1.29 is 9.90 Å². The maximum atomic E-state index is 11.2. The summed E-state index contributed by atoms with van der Waals surface area (Å²) in [7, 11) is 2.11. The second-order valence-electron chi connectivity index (χ2n) is 5.81.